The third kappa shape index (κ3) is 3.91. The standard InChI is InChI=1S/C18H17F2N7/c19-14-5-4-13(11-15(14)20)23-16-12-22-25-18(24-16)27-9-7-26(8-10-27)17-3-1-2-6-21-17/h1-6,11-12H,7-10H2,(H,23,24,25). The summed E-state index contributed by atoms with van der Waals surface area (Å²) in [5.41, 5.74) is 0.389. The predicted molar refractivity (Wildman–Crippen MR) is 98.1 cm³/mol. The molecule has 2 aromatic heterocycles. The summed E-state index contributed by atoms with van der Waals surface area (Å²) in [6, 6.07) is 9.42. The number of hydrogen-bond acceptors (Lipinski definition) is 7. The molecule has 4 rings (SSSR count). The van der Waals surface area contributed by atoms with Crippen LogP contribution in [0, 0.1) is 11.6 Å². The molecule has 1 N–H and O–H groups in total. The predicted octanol–water partition coefficient (Wildman–Crippen LogP) is 2.62. The van der Waals surface area contributed by atoms with Gasteiger partial charge in [-0.3, -0.25) is 0 Å². The van der Waals surface area contributed by atoms with E-state index in [1.165, 1.54) is 12.3 Å². The minimum absolute atomic E-state index is 0.389. The molecule has 0 bridgehead atoms. The number of anilines is 4. The molecule has 27 heavy (non-hydrogen) atoms. The summed E-state index contributed by atoms with van der Waals surface area (Å²) in [5.74, 6) is 0.0343. The van der Waals surface area contributed by atoms with Gasteiger partial charge < -0.3 is 15.1 Å². The van der Waals surface area contributed by atoms with Gasteiger partial charge in [-0.2, -0.15) is 10.1 Å². The minimum Gasteiger partial charge on any atom is -0.353 e. The number of halogens is 2. The molecule has 0 aliphatic carbocycles. The lowest BCUT2D eigenvalue weighted by Crippen LogP contribution is -2.47. The van der Waals surface area contributed by atoms with Crippen molar-refractivity contribution in [2.24, 2.45) is 0 Å². The van der Waals surface area contributed by atoms with Crippen LogP contribution in [-0.2, 0) is 0 Å². The van der Waals surface area contributed by atoms with Crippen LogP contribution in [0.1, 0.15) is 0 Å². The van der Waals surface area contributed by atoms with Gasteiger partial charge in [0.25, 0.3) is 0 Å². The minimum atomic E-state index is -0.923. The zero-order valence-corrected chi connectivity index (χ0v) is 14.4. The number of hydrogen-bond donors (Lipinski definition) is 1. The highest BCUT2D eigenvalue weighted by molar-refractivity contribution is 5.56. The molecule has 138 valence electrons. The molecule has 9 heteroatoms. The van der Waals surface area contributed by atoms with Crippen molar-refractivity contribution in [1.82, 2.24) is 20.2 Å². The van der Waals surface area contributed by atoms with Gasteiger partial charge in [0.05, 0.1) is 6.20 Å². The monoisotopic (exact) mass is 369 g/mol. The first-order chi connectivity index (χ1) is 13.2. The lowest BCUT2D eigenvalue weighted by molar-refractivity contribution is 0.509. The Bertz CT molecular complexity index is 915. The number of piperazine rings is 1. The molecule has 1 aromatic carbocycles. The number of nitrogens with one attached hydrogen (secondary N) is 1. The summed E-state index contributed by atoms with van der Waals surface area (Å²) >= 11 is 0. The van der Waals surface area contributed by atoms with Gasteiger partial charge >= 0.3 is 0 Å². The van der Waals surface area contributed by atoms with E-state index in [9.17, 15) is 8.78 Å². The Balaban J connectivity index is 1.43. The van der Waals surface area contributed by atoms with E-state index in [1.807, 2.05) is 23.1 Å². The molecule has 3 heterocycles. The topological polar surface area (TPSA) is 70.1 Å². The Kier molecular flexibility index (Phi) is 4.73. The fourth-order valence-electron chi connectivity index (χ4n) is 2.89. The molecule has 3 aromatic rings. The first kappa shape index (κ1) is 17.1. The van der Waals surface area contributed by atoms with Crippen LogP contribution in [0.2, 0.25) is 0 Å². The van der Waals surface area contributed by atoms with Crippen molar-refractivity contribution in [3.63, 3.8) is 0 Å². The van der Waals surface area contributed by atoms with Gasteiger partial charge in [-0.15, -0.1) is 5.10 Å². The molecule has 0 atom stereocenters. The van der Waals surface area contributed by atoms with Gasteiger partial charge in [0.1, 0.15) is 5.82 Å². The smallest absolute Gasteiger partial charge is 0.247 e. The molecule has 0 radical (unpaired) electrons. The molecular weight excluding hydrogens is 352 g/mol. The normalized spacial score (nSPS) is 14.3. The van der Waals surface area contributed by atoms with E-state index in [2.05, 4.69) is 30.4 Å². The van der Waals surface area contributed by atoms with Crippen molar-refractivity contribution in [2.45, 2.75) is 0 Å². The van der Waals surface area contributed by atoms with Crippen molar-refractivity contribution in [3.8, 4) is 0 Å². The van der Waals surface area contributed by atoms with E-state index in [-0.39, 0.29) is 0 Å². The average Bonchev–Trinajstić information content (AvgIpc) is 2.72. The van der Waals surface area contributed by atoms with Crippen molar-refractivity contribution in [1.29, 1.82) is 0 Å². The number of nitrogens with zero attached hydrogens (tertiary/aromatic N) is 6. The Morgan fingerprint density at radius 2 is 1.74 bits per heavy atom. The van der Waals surface area contributed by atoms with Crippen molar-refractivity contribution >= 4 is 23.3 Å². The fraction of sp³-hybridized carbons (Fsp3) is 0.222. The average molecular weight is 369 g/mol. The molecule has 0 amide bonds. The number of pyridine rings is 1. The molecule has 1 aliphatic heterocycles. The molecule has 1 aliphatic rings. The second-order valence-electron chi connectivity index (χ2n) is 6.06. The Morgan fingerprint density at radius 1 is 0.926 bits per heavy atom. The lowest BCUT2D eigenvalue weighted by Gasteiger charge is -2.35. The molecule has 0 unspecified atom stereocenters. The fourth-order valence-corrected chi connectivity index (χ4v) is 2.89. The SMILES string of the molecule is Fc1ccc(Nc2cnnc(N3CCN(c4ccccn4)CC3)n2)cc1F. The summed E-state index contributed by atoms with van der Waals surface area (Å²) in [6.45, 7) is 3.04. The molecular formula is C18H17F2N7. The maximum absolute atomic E-state index is 13.3. The van der Waals surface area contributed by atoms with Gasteiger partial charge in [-0.25, -0.2) is 13.8 Å². The van der Waals surface area contributed by atoms with Crippen molar-refractivity contribution < 1.29 is 8.78 Å². The van der Waals surface area contributed by atoms with Gasteiger partial charge in [-0.05, 0) is 24.3 Å². The molecule has 1 saturated heterocycles. The van der Waals surface area contributed by atoms with E-state index < -0.39 is 11.6 Å². The summed E-state index contributed by atoms with van der Waals surface area (Å²) < 4.78 is 26.4. The van der Waals surface area contributed by atoms with Crippen LogP contribution in [-0.4, -0.2) is 46.3 Å². The van der Waals surface area contributed by atoms with E-state index in [0.29, 0.717) is 17.5 Å². The van der Waals surface area contributed by atoms with Crippen LogP contribution in [0.5, 0.6) is 0 Å². The summed E-state index contributed by atoms with van der Waals surface area (Å²) in [6.07, 6.45) is 3.22. The Hall–Kier alpha value is -3.36. The van der Waals surface area contributed by atoms with Gasteiger partial charge in [0, 0.05) is 44.1 Å². The zero-order valence-electron chi connectivity index (χ0n) is 14.4. The summed E-state index contributed by atoms with van der Waals surface area (Å²) in [7, 11) is 0. The third-order valence-electron chi connectivity index (χ3n) is 4.28. The summed E-state index contributed by atoms with van der Waals surface area (Å²) in [5, 5.41) is 11.0. The molecule has 7 nitrogen and oxygen atoms in total. The molecule has 1 fully saturated rings. The maximum atomic E-state index is 13.3. The van der Waals surface area contributed by atoms with E-state index >= 15 is 0 Å². The van der Waals surface area contributed by atoms with E-state index in [0.717, 1.165) is 44.1 Å². The highest BCUT2D eigenvalue weighted by Gasteiger charge is 2.20. The van der Waals surface area contributed by atoms with Gasteiger partial charge in [0.2, 0.25) is 5.95 Å². The van der Waals surface area contributed by atoms with Crippen LogP contribution in [0.25, 0.3) is 0 Å². The van der Waals surface area contributed by atoms with Crippen LogP contribution < -0.4 is 15.1 Å². The van der Waals surface area contributed by atoms with Crippen LogP contribution in [0.15, 0.2) is 48.8 Å². The van der Waals surface area contributed by atoms with Crippen molar-refractivity contribution in [2.75, 3.05) is 41.3 Å². The van der Waals surface area contributed by atoms with E-state index in [4.69, 9.17) is 0 Å². The van der Waals surface area contributed by atoms with Crippen LogP contribution in [0.3, 0.4) is 0 Å². The van der Waals surface area contributed by atoms with Gasteiger partial charge in [-0.1, -0.05) is 6.07 Å². The van der Waals surface area contributed by atoms with Gasteiger partial charge in [0.15, 0.2) is 17.5 Å². The second-order valence-corrected chi connectivity index (χ2v) is 6.06. The van der Waals surface area contributed by atoms with Crippen molar-refractivity contribution in [3.05, 3.63) is 60.4 Å². The number of aromatic nitrogens is 4. The largest absolute Gasteiger partial charge is 0.353 e. The highest BCUT2D eigenvalue weighted by Crippen LogP contribution is 2.20. The molecule has 0 spiro atoms. The number of benzene rings is 1. The Labute approximate surface area is 154 Å². The lowest BCUT2D eigenvalue weighted by atomic mass is 10.3. The maximum Gasteiger partial charge on any atom is 0.247 e. The quantitative estimate of drug-likeness (QED) is 0.758. The van der Waals surface area contributed by atoms with E-state index in [1.54, 1.807) is 6.20 Å². The zero-order chi connectivity index (χ0) is 18.6. The highest BCUT2D eigenvalue weighted by atomic mass is 19.2. The van der Waals surface area contributed by atoms with Crippen LogP contribution in [0.4, 0.5) is 32.1 Å². The number of rotatable bonds is 4. The third-order valence-corrected chi connectivity index (χ3v) is 4.28. The second kappa shape index (κ2) is 7.48. The van der Waals surface area contributed by atoms with Crippen LogP contribution >= 0.6 is 0 Å². The first-order valence-electron chi connectivity index (χ1n) is 8.52. The summed E-state index contributed by atoms with van der Waals surface area (Å²) in [4.78, 5) is 13.0. The Morgan fingerprint density at radius 3 is 2.48 bits per heavy atom. The first-order valence-corrected chi connectivity index (χ1v) is 8.52. The molecule has 0 saturated carbocycles.